The Balaban J connectivity index is 1.77. The molecule has 1 heterocycles. The second-order valence-electron chi connectivity index (χ2n) is 5.83. The van der Waals surface area contributed by atoms with E-state index in [1.54, 1.807) is 12.5 Å². The van der Waals surface area contributed by atoms with Crippen LogP contribution in [0.15, 0.2) is 18.7 Å². The molecule has 1 atom stereocenters. The molecule has 0 aliphatic heterocycles. The molecular formula is C14H24N4O. The molecule has 1 aliphatic rings. The summed E-state index contributed by atoms with van der Waals surface area (Å²) < 4.78 is 1.96. The molecule has 0 aromatic carbocycles. The lowest BCUT2D eigenvalue weighted by Crippen LogP contribution is -2.47. The average Bonchev–Trinajstić information content (AvgIpc) is 2.81. The van der Waals surface area contributed by atoms with Gasteiger partial charge in [-0.15, -0.1) is 0 Å². The Morgan fingerprint density at radius 3 is 2.84 bits per heavy atom. The normalized spacial score (nSPS) is 19.9. The Labute approximate surface area is 114 Å². The van der Waals surface area contributed by atoms with Crippen LogP contribution in [0.1, 0.15) is 45.4 Å². The van der Waals surface area contributed by atoms with Gasteiger partial charge in [0, 0.05) is 36.9 Å². The monoisotopic (exact) mass is 264 g/mol. The second-order valence-corrected chi connectivity index (χ2v) is 5.83. The van der Waals surface area contributed by atoms with Crippen LogP contribution in [-0.2, 0) is 11.3 Å². The van der Waals surface area contributed by atoms with E-state index in [4.69, 9.17) is 5.73 Å². The third-order valence-electron chi connectivity index (χ3n) is 3.81. The van der Waals surface area contributed by atoms with Crippen molar-refractivity contribution in [2.45, 2.75) is 63.6 Å². The molecule has 1 aliphatic carbocycles. The molecule has 0 radical (unpaired) electrons. The Hall–Kier alpha value is -1.36. The number of amides is 1. The highest BCUT2D eigenvalue weighted by molar-refractivity contribution is 5.77. The average molecular weight is 264 g/mol. The first-order chi connectivity index (χ1) is 9.07. The van der Waals surface area contributed by atoms with Gasteiger partial charge in [0.1, 0.15) is 0 Å². The number of nitrogens with one attached hydrogen (secondary N) is 1. The molecule has 5 heteroatoms. The molecular weight excluding hydrogens is 240 g/mol. The van der Waals surface area contributed by atoms with E-state index in [9.17, 15) is 4.79 Å². The zero-order chi connectivity index (χ0) is 13.7. The predicted octanol–water partition coefficient (Wildman–Crippen LogP) is 1.44. The van der Waals surface area contributed by atoms with E-state index in [1.807, 2.05) is 17.7 Å². The molecule has 5 nitrogen and oxygen atoms in total. The zero-order valence-electron chi connectivity index (χ0n) is 11.6. The lowest BCUT2D eigenvalue weighted by atomic mass is 9.80. The molecule has 3 N–H and O–H groups in total. The highest BCUT2D eigenvalue weighted by Crippen LogP contribution is 2.28. The number of aromatic nitrogens is 2. The van der Waals surface area contributed by atoms with Crippen LogP contribution in [0, 0.1) is 0 Å². The van der Waals surface area contributed by atoms with Gasteiger partial charge in [-0.25, -0.2) is 4.98 Å². The van der Waals surface area contributed by atoms with Crippen molar-refractivity contribution in [1.82, 2.24) is 14.9 Å². The van der Waals surface area contributed by atoms with Gasteiger partial charge in [0.05, 0.1) is 6.33 Å². The number of carbonyl (C=O) groups is 1. The molecule has 0 bridgehead atoms. The van der Waals surface area contributed by atoms with Crippen molar-refractivity contribution in [2.24, 2.45) is 5.73 Å². The SMILES string of the molecule is CC(Cn1ccnc1)NC(=O)CC1(N)CCCCC1. The van der Waals surface area contributed by atoms with Crippen LogP contribution in [0.2, 0.25) is 0 Å². The Morgan fingerprint density at radius 1 is 1.47 bits per heavy atom. The van der Waals surface area contributed by atoms with Crippen LogP contribution in [0.4, 0.5) is 0 Å². The number of rotatable bonds is 5. The fraction of sp³-hybridized carbons (Fsp3) is 0.714. The second kappa shape index (κ2) is 6.19. The Morgan fingerprint density at radius 2 is 2.21 bits per heavy atom. The van der Waals surface area contributed by atoms with Crippen LogP contribution in [-0.4, -0.2) is 27.0 Å². The summed E-state index contributed by atoms with van der Waals surface area (Å²) in [5, 5.41) is 3.02. The van der Waals surface area contributed by atoms with Gasteiger partial charge in [-0.05, 0) is 19.8 Å². The summed E-state index contributed by atoms with van der Waals surface area (Å²) >= 11 is 0. The smallest absolute Gasteiger partial charge is 0.222 e. The number of hydrogen-bond donors (Lipinski definition) is 2. The minimum absolute atomic E-state index is 0.0667. The van der Waals surface area contributed by atoms with Crippen molar-refractivity contribution in [3.63, 3.8) is 0 Å². The van der Waals surface area contributed by atoms with Crippen LogP contribution >= 0.6 is 0 Å². The standard InChI is InChI=1S/C14H24N4O/c1-12(10-18-8-7-16-11-18)17-13(19)9-14(15)5-3-2-4-6-14/h7-8,11-12H,2-6,9-10,15H2,1H3,(H,17,19). The summed E-state index contributed by atoms with van der Waals surface area (Å²) in [7, 11) is 0. The maximum Gasteiger partial charge on any atom is 0.222 e. The van der Waals surface area contributed by atoms with Crippen molar-refractivity contribution in [2.75, 3.05) is 0 Å². The quantitative estimate of drug-likeness (QED) is 0.845. The number of imidazole rings is 1. The molecule has 1 amide bonds. The van der Waals surface area contributed by atoms with Crippen molar-refractivity contribution in [1.29, 1.82) is 0 Å². The number of nitrogens with zero attached hydrogens (tertiary/aromatic N) is 2. The van der Waals surface area contributed by atoms with Crippen LogP contribution in [0.3, 0.4) is 0 Å². The maximum absolute atomic E-state index is 12.0. The van der Waals surface area contributed by atoms with Crippen LogP contribution in [0.25, 0.3) is 0 Å². The molecule has 19 heavy (non-hydrogen) atoms. The first kappa shape index (κ1) is 14.1. The highest BCUT2D eigenvalue weighted by atomic mass is 16.1. The highest BCUT2D eigenvalue weighted by Gasteiger charge is 2.30. The van der Waals surface area contributed by atoms with Gasteiger partial charge >= 0.3 is 0 Å². The van der Waals surface area contributed by atoms with Crippen LogP contribution in [0.5, 0.6) is 0 Å². The first-order valence-corrected chi connectivity index (χ1v) is 7.11. The first-order valence-electron chi connectivity index (χ1n) is 7.11. The summed E-state index contributed by atoms with van der Waals surface area (Å²) in [6.07, 6.45) is 11.3. The van der Waals surface area contributed by atoms with E-state index in [1.165, 1.54) is 6.42 Å². The Kier molecular flexibility index (Phi) is 4.58. The lowest BCUT2D eigenvalue weighted by molar-refractivity contribution is -0.123. The summed E-state index contributed by atoms with van der Waals surface area (Å²) in [6, 6.07) is 0.0916. The minimum atomic E-state index is -0.281. The molecule has 1 saturated carbocycles. The van der Waals surface area contributed by atoms with E-state index >= 15 is 0 Å². The van der Waals surface area contributed by atoms with E-state index in [-0.39, 0.29) is 17.5 Å². The fourth-order valence-electron chi connectivity index (χ4n) is 2.83. The van der Waals surface area contributed by atoms with Gasteiger partial charge < -0.3 is 15.6 Å². The van der Waals surface area contributed by atoms with Gasteiger partial charge in [0.15, 0.2) is 0 Å². The predicted molar refractivity (Wildman–Crippen MR) is 74.5 cm³/mol. The minimum Gasteiger partial charge on any atom is -0.352 e. The molecule has 1 unspecified atom stereocenters. The molecule has 2 rings (SSSR count). The summed E-state index contributed by atoms with van der Waals surface area (Å²) in [5.74, 6) is 0.0667. The van der Waals surface area contributed by atoms with Crippen molar-refractivity contribution in [3.05, 3.63) is 18.7 Å². The number of nitrogens with two attached hydrogens (primary N) is 1. The third-order valence-corrected chi connectivity index (χ3v) is 3.81. The molecule has 1 fully saturated rings. The lowest BCUT2D eigenvalue weighted by Gasteiger charge is -2.33. The number of hydrogen-bond acceptors (Lipinski definition) is 3. The molecule has 0 saturated heterocycles. The fourth-order valence-corrected chi connectivity index (χ4v) is 2.83. The van der Waals surface area contributed by atoms with Crippen LogP contribution < -0.4 is 11.1 Å². The summed E-state index contributed by atoms with van der Waals surface area (Å²) in [4.78, 5) is 16.0. The van der Waals surface area contributed by atoms with E-state index < -0.39 is 0 Å². The van der Waals surface area contributed by atoms with E-state index in [0.29, 0.717) is 6.42 Å². The van der Waals surface area contributed by atoms with Crippen molar-refractivity contribution in [3.8, 4) is 0 Å². The van der Waals surface area contributed by atoms with Crippen molar-refractivity contribution >= 4 is 5.91 Å². The molecule has 1 aromatic rings. The zero-order valence-corrected chi connectivity index (χ0v) is 11.6. The molecule has 0 spiro atoms. The third kappa shape index (κ3) is 4.35. The van der Waals surface area contributed by atoms with Crippen molar-refractivity contribution < 1.29 is 4.79 Å². The Bertz CT molecular complexity index is 396. The molecule has 106 valence electrons. The summed E-state index contributed by atoms with van der Waals surface area (Å²) in [6.45, 7) is 2.74. The maximum atomic E-state index is 12.0. The molecule has 1 aromatic heterocycles. The largest absolute Gasteiger partial charge is 0.352 e. The van der Waals surface area contributed by atoms with Gasteiger partial charge in [-0.3, -0.25) is 4.79 Å². The summed E-state index contributed by atoms with van der Waals surface area (Å²) in [5.41, 5.74) is 6.02. The van der Waals surface area contributed by atoms with E-state index in [0.717, 1.165) is 32.2 Å². The van der Waals surface area contributed by atoms with Gasteiger partial charge in [0.25, 0.3) is 0 Å². The topological polar surface area (TPSA) is 72.9 Å². The van der Waals surface area contributed by atoms with Gasteiger partial charge in [-0.2, -0.15) is 0 Å². The van der Waals surface area contributed by atoms with Gasteiger partial charge in [0.2, 0.25) is 5.91 Å². The number of carbonyl (C=O) groups excluding carboxylic acids is 1. The van der Waals surface area contributed by atoms with Gasteiger partial charge in [-0.1, -0.05) is 19.3 Å². The van der Waals surface area contributed by atoms with E-state index in [2.05, 4.69) is 10.3 Å².